The fourth-order valence-corrected chi connectivity index (χ4v) is 1.89. The van der Waals surface area contributed by atoms with Crippen LogP contribution in [0.4, 0.5) is 5.69 Å². The van der Waals surface area contributed by atoms with E-state index in [9.17, 15) is 5.11 Å². The summed E-state index contributed by atoms with van der Waals surface area (Å²) in [7, 11) is 1.64. The smallest absolute Gasteiger partial charge is 0.142 e. The van der Waals surface area contributed by atoms with Crippen molar-refractivity contribution < 1.29 is 14.6 Å². The van der Waals surface area contributed by atoms with Crippen LogP contribution < -0.4 is 14.4 Å². The summed E-state index contributed by atoms with van der Waals surface area (Å²) in [5.41, 5.74) is 0.992. The van der Waals surface area contributed by atoms with E-state index in [2.05, 4.69) is 4.90 Å². The fourth-order valence-electron chi connectivity index (χ4n) is 1.89. The molecule has 1 atom stereocenters. The normalized spacial score (nSPS) is 16.3. The number of fused-ring (bicyclic) bond motifs is 1. The van der Waals surface area contributed by atoms with Gasteiger partial charge in [-0.3, -0.25) is 0 Å². The highest BCUT2D eigenvalue weighted by atomic mass is 16.5. The van der Waals surface area contributed by atoms with Gasteiger partial charge < -0.3 is 19.5 Å². The van der Waals surface area contributed by atoms with Crippen LogP contribution in [-0.2, 0) is 0 Å². The molecule has 0 bridgehead atoms. The molecule has 0 aliphatic carbocycles. The van der Waals surface area contributed by atoms with Crippen molar-refractivity contribution in [2.24, 2.45) is 0 Å². The minimum atomic E-state index is -0.350. The van der Waals surface area contributed by atoms with E-state index in [1.165, 1.54) is 0 Å². The Morgan fingerprint density at radius 1 is 1.56 bits per heavy atom. The minimum Gasteiger partial charge on any atom is -0.497 e. The van der Waals surface area contributed by atoms with Gasteiger partial charge in [0.2, 0.25) is 0 Å². The van der Waals surface area contributed by atoms with Crippen LogP contribution in [0.15, 0.2) is 18.2 Å². The number of aliphatic hydroxyl groups is 1. The number of rotatable bonds is 3. The zero-order chi connectivity index (χ0) is 11.5. The molecule has 1 aliphatic heterocycles. The molecule has 88 valence electrons. The molecule has 1 aromatic carbocycles. The van der Waals surface area contributed by atoms with Crippen LogP contribution in [-0.4, -0.2) is 38.0 Å². The summed E-state index contributed by atoms with van der Waals surface area (Å²) < 4.78 is 10.7. The molecule has 1 heterocycles. The lowest BCUT2D eigenvalue weighted by Crippen LogP contribution is -2.37. The van der Waals surface area contributed by atoms with E-state index in [0.717, 1.165) is 23.7 Å². The molecule has 2 rings (SSSR count). The van der Waals surface area contributed by atoms with Crippen molar-refractivity contribution >= 4 is 5.69 Å². The zero-order valence-corrected chi connectivity index (χ0v) is 9.64. The van der Waals surface area contributed by atoms with Crippen molar-refractivity contribution in [1.82, 2.24) is 0 Å². The molecule has 0 amide bonds. The Morgan fingerprint density at radius 3 is 3.06 bits per heavy atom. The van der Waals surface area contributed by atoms with Crippen molar-refractivity contribution in [3.63, 3.8) is 0 Å². The molecule has 1 N–H and O–H groups in total. The summed E-state index contributed by atoms with van der Waals surface area (Å²) in [5.74, 6) is 1.66. The van der Waals surface area contributed by atoms with Gasteiger partial charge in [0.1, 0.15) is 18.1 Å². The topological polar surface area (TPSA) is 41.9 Å². The van der Waals surface area contributed by atoms with Gasteiger partial charge in [0.05, 0.1) is 25.4 Å². The van der Waals surface area contributed by atoms with Crippen LogP contribution in [0.1, 0.15) is 6.92 Å². The van der Waals surface area contributed by atoms with E-state index < -0.39 is 0 Å². The summed E-state index contributed by atoms with van der Waals surface area (Å²) in [5, 5.41) is 9.44. The first-order chi connectivity index (χ1) is 7.70. The number of hydrogen-bond donors (Lipinski definition) is 1. The maximum atomic E-state index is 9.44. The number of methoxy groups -OCH3 is 1. The maximum absolute atomic E-state index is 9.44. The summed E-state index contributed by atoms with van der Waals surface area (Å²) in [6, 6.07) is 5.73. The van der Waals surface area contributed by atoms with Gasteiger partial charge in [0.15, 0.2) is 0 Å². The van der Waals surface area contributed by atoms with Gasteiger partial charge in [0.25, 0.3) is 0 Å². The van der Waals surface area contributed by atoms with Gasteiger partial charge >= 0.3 is 0 Å². The molecular formula is C12H17NO3. The molecule has 0 saturated heterocycles. The molecule has 4 nitrogen and oxygen atoms in total. The van der Waals surface area contributed by atoms with Crippen LogP contribution in [0, 0.1) is 0 Å². The van der Waals surface area contributed by atoms with Gasteiger partial charge in [-0.25, -0.2) is 0 Å². The number of nitrogens with zero attached hydrogens (tertiary/aromatic N) is 1. The molecule has 0 aromatic heterocycles. The Labute approximate surface area is 95.4 Å². The maximum Gasteiger partial charge on any atom is 0.142 e. The Balaban J connectivity index is 2.28. The lowest BCUT2D eigenvalue weighted by Gasteiger charge is -2.32. The van der Waals surface area contributed by atoms with E-state index in [-0.39, 0.29) is 6.10 Å². The number of anilines is 1. The number of benzene rings is 1. The first-order valence-corrected chi connectivity index (χ1v) is 5.44. The molecule has 1 aliphatic rings. The highest BCUT2D eigenvalue weighted by molar-refractivity contribution is 5.62. The second-order valence-electron chi connectivity index (χ2n) is 3.98. The minimum absolute atomic E-state index is 0.350. The van der Waals surface area contributed by atoms with Crippen molar-refractivity contribution in [2.75, 3.05) is 31.7 Å². The van der Waals surface area contributed by atoms with Crippen LogP contribution in [0.3, 0.4) is 0 Å². The average molecular weight is 223 g/mol. The van der Waals surface area contributed by atoms with Gasteiger partial charge in [-0.1, -0.05) is 0 Å². The molecule has 0 spiro atoms. The largest absolute Gasteiger partial charge is 0.497 e. The zero-order valence-electron chi connectivity index (χ0n) is 9.64. The Bertz CT molecular complexity index is 365. The first-order valence-electron chi connectivity index (χ1n) is 5.44. The van der Waals surface area contributed by atoms with Gasteiger partial charge in [0, 0.05) is 12.6 Å². The first kappa shape index (κ1) is 11.1. The number of β-amino-alcohol motifs (C(OH)–C–C–N with tert-alkyl or cyclic N) is 1. The molecule has 0 saturated carbocycles. The van der Waals surface area contributed by atoms with Gasteiger partial charge in [-0.05, 0) is 19.1 Å². The molecule has 16 heavy (non-hydrogen) atoms. The van der Waals surface area contributed by atoms with Gasteiger partial charge in [-0.15, -0.1) is 0 Å². The van der Waals surface area contributed by atoms with Crippen molar-refractivity contribution in [1.29, 1.82) is 0 Å². The second-order valence-corrected chi connectivity index (χ2v) is 3.98. The third-order valence-electron chi connectivity index (χ3n) is 2.61. The SMILES string of the molecule is COc1ccc2c(c1)N(CC(C)O)CCO2. The number of aliphatic hydroxyl groups excluding tert-OH is 1. The van der Waals surface area contributed by atoms with Crippen LogP contribution in [0.5, 0.6) is 11.5 Å². The third-order valence-corrected chi connectivity index (χ3v) is 2.61. The standard InChI is InChI=1S/C12H17NO3/c1-9(14)8-13-5-6-16-12-4-3-10(15-2)7-11(12)13/h3-4,7,9,14H,5-6,8H2,1-2H3. The average Bonchev–Trinajstić information content (AvgIpc) is 2.28. The van der Waals surface area contributed by atoms with E-state index in [0.29, 0.717) is 13.2 Å². The third kappa shape index (κ3) is 2.22. The predicted molar refractivity (Wildman–Crippen MR) is 62.4 cm³/mol. The Kier molecular flexibility index (Phi) is 3.19. The molecule has 1 aromatic rings. The molecule has 0 radical (unpaired) electrons. The van der Waals surface area contributed by atoms with Crippen LogP contribution in [0.25, 0.3) is 0 Å². The van der Waals surface area contributed by atoms with Crippen molar-refractivity contribution in [3.05, 3.63) is 18.2 Å². The van der Waals surface area contributed by atoms with E-state index in [1.54, 1.807) is 14.0 Å². The highest BCUT2D eigenvalue weighted by Crippen LogP contribution is 2.34. The summed E-state index contributed by atoms with van der Waals surface area (Å²) >= 11 is 0. The molecular weight excluding hydrogens is 206 g/mol. The number of ether oxygens (including phenoxy) is 2. The van der Waals surface area contributed by atoms with Crippen LogP contribution >= 0.6 is 0 Å². The van der Waals surface area contributed by atoms with Crippen molar-refractivity contribution in [3.8, 4) is 11.5 Å². The summed E-state index contributed by atoms with van der Waals surface area (Å²) in [4.78, 5) is 2.12. The fraction of sp³-hybridized carbons (Fsp3) is 0.500. The molecule has 1 unspecified atom stereocenters. The summed E-state index contributed by atoms with van der Waals surface area (Å²) in [6.45, 7) is 3.86. The lowest BCUT2D eigenvalue weighted by atomic mass is 10.2. The quantitative estimate of drug-likeness (QED) is 0.838. The van der Waals surface area contributed by atoms with E-state index >= 15 is 0 Å². The number of hydrogen-bond acceptors (Lipinski definition) is 4. The van der Waals surface area contributed by atoms with E-state index in [1.807, 2.05) is 18.2 Å². The van der Waals surface area contributed by atoms with Gasteiger partial charge in [-0.2, -0.15) is 0 Å². The lowest BCUT2D eigenvalue weighted by molar-refractivity contribution is 0.194. The highest BCUT2D eigenvalue weighted by Gasteiger charge is 2.19. The summed E-state index contributed by atoms with van der Waals surface area (Å²) in [6.07, 6.45) is -0.350. The molecule has 4 heteroatoms. The Hall–Kier alpha value is -1.42. The van der Waals surface area contributed by atoms with Crippen molar-refractivity contribution in [2.45, 2.75) is 13.0 Å². The Morgan fingerprint density at radius 2 is 2.38 bits per heavy atom. The van der Waals surface area contributed by atoms with E-state index in [4.69, 9.17) is 9.47 Å². The monoisotopic (exact) mass is 223 g/mol. The molecule has 0 fully saturated rings. The second kappa shape index (κ2) is 4.61. The van der Waals surface area contributed by atoms with Crippen LogP contribution in [0.2, 0.25) is 0 Å². The predicted octanol–water partition coefficient (Wildman–Crippen LogP) is 1.27.